The Morgan fingerprint density at radius 3 is 2.50 bits per heavy atom. The Bertz CT molecular complexity index is 961. The number of hydrogen-bond donors (Lipinski definition) is 1. The number of pyridine rings is 1. The Kier molecular flexibility index (Phi) is 4.40. The number of nitrogens with zero attached hydrogens (tertiary/aromatic N) is 1. The van der Waals surface area contributed by atoms with E-state index in [2.05, 4.69) is 5.32 Å². The molecule has 0 radical (unpaired) electrons. The number of hydrogen-bond acceptors (Lipinski definition) is 2. The van der Waals surface area contributed by atoms with E-state index in [1.165, 1.54) is 0 Å². The summed E-state index contributed by atoms with van der Waals surface area (Å²) < 4.78 is 1.79. The zero-order chi connectivity index (χ0) is 17.3. The van der Waals surface area contributed by atoms with Crippen LogP contribution in [-0.2, 0) is 7.05 Å². The van der Waals surface area contributed by atoms with E-state index < -0.39 is 0 Å². The Balaban J connectivity index is 1.93. The van der Waals surface area contributed by atoms with Crippen LogP contribution in [0.3, 0.4) is 0 Å². The molecule has 1 amide bonds. The van der Waals surface area contributed by atoms with E-state index >= 15 is 0 Å². The molecule has 24 heavy (non-hydrogen) atoms. The number of fused-ring (bicyclic) bond motifs is 1. The average molecular weight is 341 g/mol. The van der Waals surface area contributed by atoms with Gasteiger partial charge in [-0.05, 0) is 36.8 Å². The summed E-state index contributed by atoms with van der Waals surface area (Å²) >= 11 is 5.88. The number of carbonyl (C=O) groups is 1. The maximum atomic E-state index is 12.6. The fraction of sp³-hybridized carbons (Fsp3) is 0.158. The third-order valence-electron chi connectivity index (χ3n) is 4.06. The molecule has 0 saturated carbocycles. The summed E-state index contributed by atoms with van der Waals surface area (Å²) in [5.74, 6) is -0.385. The molecule has 0 fully saturated rings. The van der Waals surface area contributed by atoms with Gasteiger partial charge in [0.15, 0.2) is 0 Å². The predicted octanol–water partition coefficient (Wildman–Crippen LogP) is 3.68. The van der Waals surface area contributed by atoms with Gasteiger partial charge in [-0.2, -0.15) is 0 Å². The molecule has 1 N–H and O–H groups in total. The molecule has 122 valence electrons. The summed E-state index contributed by atoms with van der Waals surface area (Å²) in [6, 6.07) is 14.3. The van der Waals surface area contributed by atoms with E-state index in [4.69, 9.17) is 11.6 Å². The molecule has 1 aromatic heterocycles. The first kappa shape index (κ1) is 16.3. The van der Waals surface area contributed by atoms with E-state index in [0.717, 1.165) is 11.1 Å². The maximum absolute atomic E-state index is 12.6. The molecule has 0 saturated heterocycles. The fourth-order valence-electron chi connectivity index (χ4n) is 2.71. The minimum absolute atomic E-state index is 0.136. The van der Waals surface area contributed by atoms with Crippen molar-refractivity contribution < 1.29 is 4.79 Å². The molecule has 1 unspecified atom stereocenters. The van der Waals surface area contributed by atoms with Crippen molar-refractivity contribution in [3.05, 3.63) is 81.1 Å². The van der Waals surface area contributed by atoms with Crippen LogP contribution in [-0.4, -0.2) is 10.5 Å². The molecule has 0 bridgehead atoms. The lowest BCUT2D eigenvalue weighted by atomic mass is 10.1. The molecule has 4 nitrogen and oxygen atoms in total. The lowest BCUT2D eigenvalue weighted by molar-refractivity contribution is 0.0938. The molecule has 0 spiro atoms. The summed E-state index contributed by atoms with van der Waals surface area (Å²) in [6.45, 7) is 1.87. The van der Waals surface area contributed by atoms with Crippen LogP contribution in [0.4, 0.5) is 0 Å². The molecule has 0 aliphatic rings. The number of aromatic nitrogens is 1. The van der Waals surface area contributed by atoms with Crippen molar-refractivity contribution in [2.45, 2.75) is 13.0 Å². The lowest BCUT2D eigenvalue weighted by Crippen LogP contribution is -2.31. The normalized spacial score (nSPS) is 12.1. The second-order valence-corrected chi connectivity index (χ2v) is 6.18. The summed E-state index contributed by atoms with van der Waals surface area (Å²) in [5.41, 5.74) is 1.59. The van der Waals surface area contributed by atoms with E-state index in [0.29, 0.717) is 10.4 Å². The monoisotopic (exact) mass is 340 g/mol. The minimum Gasteiger partial charge on any atom is -0.350 e. The summed E-state index contributed by atoms with van der Waals surface area (Å²) in [6.07, 6.45) is 1.58. The van der Waals surface area contributed by atoms with Gasteiger partial charge in [-0.3, -0.25) is 9.59 Å². The van der Waals surface area contributed by atoms with Crippen LogP contribution in [0, 0.1) is 0 Å². The van der Waals surface area contributed by atoms with Gasteiger partial charge < -0.3 is 9.88 Å². The largest absolute Gasteiger partial charge is 0.350 e. The van der Waals surface area contributed by atoms with E-state index in [1.54, 1.807) is 35.0 Å². The Morgan fingerprint density at radius 1 is 1.12 bits per heavy atom. The summed E-state index contributed by atoms with van der Waals surface area (Å²) in [4.78, 5) is 25.2. The van der Waals surface area contributed by atoms with Crippen molar-refractivity contribution in [1.29, 1.82) is 0 Å². The summed E-state index contributed by atoms with van der Waals surface area (Å²) in [7, 11) is 1.82. The van der Waals surface area contributed by atoms with Gasteiger partial charge in [0.1, 0.15) is 5.56 Å². The average Bonchev–Trinajstić information content (AvgIpc) is 2.58. The number of aryl methyl sites for hydroxylation is 1. The van der Waals surface area contributed by atoms with Gasteiger partial charge in [-0.1, -0.05) is 35.9 Å². The first-order chi connectivity index (χ1) is 11.5. The van der Waals surface area contributed by atoms with Crippen molar-refractivity contribution in [2.24, 2.45) is 7.05 Å². The SMILES string of the molecule is CC(NC(=O)c1cn(C)c2ccccc2c1=O)c1ccc(Cl)cc1. The molecular weight excluding hydrogens is 324 g/mol. The third-order valence-corrected chi connectivity index (χ3v) is 4.31. The quantitative estimate of drug-likeness (QED) is 0.790. The van der Waals surface area contributed by atoms with E-state index in [1.807, 2.05) is 38.2 Å². The van der Waals surface area contributed by atoms with Crippen LogP contribution in [0.1, 0.15) is 28.9 Å². The Hall–Kier alpha value is -2.59. The highest BCUT2D eigenvalue weighted by Crippen LogP contribution is 2.17. The zero-order valence-electron chi connectivity index (χ0n) is 13.4. The number of carbonyl (C=O) groups excluding carboxylic acids is 1. The molecule has 0 aliphatic carbocycles. The van der Waals surface area contributed by atoms with Gasteiger partial charge in [0.25, 0.3) is 5.91 Å². The summed E-state index contributed by atoms with van der Waals surface area (Å²) in [5, 5.41) is 4.04. The van der Waals surface area contributed by atoms with Gasteiger partial charge in [0.2, 0.25) is 5.43 Å². The van der Waals surface area contributed by atoms with E-state index in [9.17, 15) is 9.59 Å². The van der Waals surface area contributed by atoms with Crippen molar-refractivity contribution >= 4 is 28.4 Å². The van der Waals surface area contributed by atoms with Gasteiger partial charge in [0, 0.05) is 23.7 Å². The second-order valence-electron chi connectivity index (χ2n) is 5.75. The lowest BCUT2D eigenvalue weighted by Gasteiger charge is -2.15. The van der Waals surface area contributed by atoms with Crippen LogP contribution in [0.2, 0.25) is 5.02 Å². The van der Waals surface area contributed by atoms with Crippen molar-refractivity contribution in [3.8, 4) is 0 Å². The maximum Gasteiger partial charge on any atom is 0.257 e. The van der Waals surface area contributed by atoms with Gasteiger partial charge in [0.05, 0.1) is 11.6 Å². The van der Waals surface area contributed by atoms with Crippen LogP contribution >= 0.6 is 11.6 Å². The second kappa shape index (κ2) is 6.49. The fourth-order valence-corrected chi connectivity index (χ4v) is 2.84. The third kappa shape index (κ3) is 3.05. The van der Waals surface area contributed by atoms with Gasteiger partial charge in [-0.15, -0.1) is 0 Å². The first-order valence-electron chi connectivity index (χ1n) is 7.62. The molecule has 1 heterocycles. The van der Waals surface area contributed by atoms with Gasteiger partial charge in [-0.25, -0.2) is 0 Å². The number of halogens is 1. The van der Waals surface area contributed by atoms with E-state index in [-0.39, 0.29) is 22.9 Å². The highest BCUT2D eigenvalue weighted by Gasteiger charge is 2.17. The smallest absolute Gasteiger partial charge is 0.257 e. The molecule has 2 aromatic carbocycles. The van der Waals surface area contributed by atoms with Crippen molar-refractivity contribution in [1.82, 2.24) is 9.88 Å². The number of benzene rings is 2. The van der Waals surface area contributed by atoms with Crippen LogP contribution < -0.4 is 10.7 Å². The minimum atomic E-state index is -0.385. The standard InChI is InChI=1S/C19H17ClN2O2/c1-12(13-7-9-14(20)10-8-13)21-19(24)16-11-22(2)17-6-4-3-5-15(17)18(16)23/h3-12H,1-2H3,(H,21,24). The highest BCUT2D eigenvalue weighted by molar-refractivity contribution is 6.30. The predicted molar refractivity (Wildman–Crippen MR) is 96.5 cm³/mol. The van der Waals surface area contributed by atoms with Crippen LogP contribution in [0.25, 0.3) is 10.9 Å². The number of rotatable bonds is 3. The number of amides is 1. The zero-order valence-corrected chi connectivity index (χ0v) is 14.2. The van der Waals surface area contributed by atoms with Crippen molar-refractivity contribution in [3.63, 3.8) is 0 Å². The number of nitrogens with one attached hydrogen (secondary N) is 1. The molecule has 5 heteroatoms. The molecular formula is C19H17ClN2O2. The van der Waals surface area contributed by atoms with Crippen LogP contribution in [0.15, 0.2) is 59.5 Å². The van der Waals surface area contributed by atoms with Crippen LogP contribution in [0.5, 0.6) is 0 Å². The molecule has 0 aliphatic heterocycles. The first-order valence-corrected chi connectivity index (χ1v) is 8.00. The van der Waals surface area contributed by atoms with Gasteiger partial charge >= 0.3 is 0 Å². The topological polar surface area (TPSA) is 51.1 Å². The molecule has 3 rings (SSSR count). The Morgan fingerprint density at radius 2 is 1.79 bits per heavy atom. The highest BCUT2D eigenvalue weighted by atomic mass is 35.5. The molecule has 3 aromatic rings. The number of para-hydroxylation sites is 1. The Labute approximate surface area is 144 Å². The molecule has 1 atom stereocenters. The van der Waals surface area contributed by atoms with Crippen molar-refractivity contribution in [2.75, 3.05) is 0 Å².